The highest BCUT2D eigenvalue weighted by Gasteiger charge is 2.19. The Bertz CT molecular complexity index is 2880. The van der Waals surface area contributed by atoms with E-state index in [2.05, 4.69) is 133 Å². The number of aromatic nitrogens is 3. The maximum Gasteiger partial charge on any atom is 0.0499 e. The second kappa shape index (κ2) is 27.5. The molecule has 0 saturated carbocycles. The minimum Gasteiger partial charge on any atom is -0.340 e. The molecule has 0 amide bonds. The predicted octanol–water partition coefficient (Wildman–Crippen LogP) is 22.1. The van der Waals surface area contributed by atoms with Gasteiger partial charge in [0.15, 0.2) is 0 Å². The minimum absolute atomic E-state index is 1.06. The third kappa shape index (κ3) is 13.6. The Morgan fingerprint density at radius 2 is 0.479 bits per heavy atom. The number of unbranched alkanes of at least 4 members (excludes halogenated alkanes) is 27. The standard InChI is InChI=1S/C68H95N3/c1-6-9-12-15-18-21-24-27-30-33-44-69-63-47-53(4)36-40-57(63)58-42-38-55(49-65(58)69)56-39-43-60-62-52-67-61(51-68(62)71(66(60)50-56)46-35-32-29-26-23-20-17-14-11-8-3)59-41-37-54(5)48-64(59)70(67)45-34-31-28-25-22-19-16-13-10-7-2/h36-43,47-52H,6-35,44-46H2,1-5H3. The number of hydrogen-bond donors (Lipinski definition) is 0. The predicted molar refractivity (Wildman–Crippen MR) is 316 cm³/mol. The maximum absolute atomic E-state index is 2.72. The topological polar surface area (TPSA) is 14.8 Å². The Labute approximate surface area is 431 Å². The van der Waals surface area contributed by atoms with E-state index in [1.807, 2.05) is 0 Å². The molecule has 0 aliphatic rings. The highest BCUT2D eigenvalue weighted by Crippen LogP contribution is 2.40. The lowest BCUT2D eigenvalue weighted by Crippen LogP contribution is -1.99. The molecule has 3 heteroatoms. The first-order valence-corrected chi connectivity index (χ1v) is 30.0. The molecular formula is C68H95N3. The Balaban J connectivity index is 1.08. The van der Waals surface area contributed by atoms with E-state index in [1.54, 1.807) is 0 Å². The van der Waals surface area contributed by atoms with Crippen LogP contribution in [0.4, 0.5) is 0 Å². The molecule has 71 heavy (non-hydrogen) atoms. The van der Waals surface area contributed by atoms with Gasteiger partial charge in [0.1, 0.15) is 0 Å². The molecule has 0 bridgehead atoms. The van der Waals surface area contributed by atoms with E-state index in [-0.39, 0.29) is 0 Å². The summed E-state index contributed by atoms with van der Waals surface area (Å²) in [6, 6.07) is 34.3. The van der Waals surface area contributed by atoms with Crippen molar-refractivity contribution in [3.63, 3.8) is 0 Å². The fourth-order valence-corrected chi connectivity index (χ4v) is 12.3. The minimum atomic E-state index is 1.06. The Kier molecular flexibility index (Phi) is 20.5. The lowest BCUT2D eigenvalue weighted by molar-refractivity contribution is 0.541. The Morgan fingerprint density at radius 1 is 0.239 bits per heavy atom. The van der Waals surface area contributed by atoms with Crippen molar-refractivity contribution in [2.24, 2.45) is 0 Å². The highest BCUT2D eigenvalue weighted by molar-refractivity contribution is 6.18. The van der Waals surface area contributed by atoms with Crippen LogP contribution in [0.1, 0.15) is 225 Å². The van der Waals surface area contributed by atoms with Crippen LogP contribution in [0.3, 0.4) is 0 Å². The van der Waals surface area contributed by atoms with E-state index in [0.29, 0.717) is 0 Å². The molecule has 0 aliphatic carbocycles. The summed E-state index contributed by atoms with van der Waals surface area (Å²) in [4.78, 5) is 0. The summed E-state index contributed by atoms with van der Waals surface area (Å²) in [5, 5.41) is 8.42. The number of aryl methyl sites for hydroxylation is 5. The third-order valence-electron chi connectivity index (χ3n) is 16.6. The molecule has 0 saturated heterocycles. The molecule has 0 unspecified atom stereocenters. The number of benzene rings is 5. The molecule has 8 aromatic rings. The van der Waals surface area contributed by atoms with Crippen molar-refractivity contribution < 1.29 is 0 Å². The van der Waals surface area contributed by atoms with Crippen LogP contribution in [-0.2, 0) is 19.6 Å². The van der Waals surface area contributed by atoms with Crippen molar-refractivity contribution >= 4 is 65.4 Å². The van der Waals surface area contributed by atoms with Crippen LogP contribution in [0.25, 0.3) is 76.5 Å². The zero-order chi connectivity index (χ0) is 49.2. The molecule has 3 aromatic heterocycles. The molecule has 5 aromatic carbocycles. The summed E-state index contributed by atoms with van der Waals surface area (Å²) in [5.41, 5.74) is 13.8. The molecule has 3 nitrogen and oxygen atoms in total. The molecule has 3 heterocycles. The maximum atomic E-state index is 2.72. The highest BCUT2D eigenvalue weighted by atomic mass is 15.0. The zero-order valence-corrected chi connectivity index (χ0v) is 45.8. The van der Waals surface area contributed by atoms with E-state index in [0.717, 1.165) is 19.6 Å². The van der Waals surface area contributed by atoms with Gasteiger partial charge in [0, 0.05) is 85.1 Å². The smallest absolute Gasteiger partial charge is 0.0499 e. The molecule has 0 spiro atoms. The van der Waals surface area contributed by atoms with Crippen molar-refractivity contribution in [2.45, 2.75) is 247 Å². The van der Waals surface area contributed by atoms with Gasteiger partial charge in [-0.1, -0.05) is 243 Å². The van der Waals surface area contributed by atoms with E-state index in [4.69, 9.17) is 0 Å². The number of rotatable bonds is 34. The normalized spacial score (nSPS) is 12.2. The summed E-state index contributed by atoms with van der Waals surface area (Å²) in [6.07, 6.45) is 40.9. The van der Waals surface area contributed by atoms with Crippen LogP contribution < -0.4 is 0 Å². The monoisotopic (exact) mass is 954 g/mol. The van der Waals surface area contributed by atoms with Gasteiger partial charge in [0.05, 0.1) is 0 Å². The lowest BCUT2D eigenvalue weighted by atomic mass is 10.0. The summed E-state index contributed by atoms with van der Waals surface area (Å²) in [5.74, 6) is 0. The van der Waals surface area contributed by atoms with E-state index in [9.17, 15) is 0 Å². The first kappa shape index (κ1) is 52.8. The van der Waals surface area contributed by atoms with Crippen LogP contribution in [0.15, 0.2) is 84.9 Å². The molecule has 0 atom stereocenters. The second-order valence-electron chi connectivity index (χ2n) is 22.4. The van der Waals surface area contributed by atoms with Gasteiger partial charge in [-0.3, -0.25) is 0 Å². The van der Waals surface area contributed by atoms with Crippen molar-refractivity contribution in [2.75, 3.05) is 0 Å². The molecule has 0 radical (unpaired) electrons. The summed E-state index contributed by atoms with van der Waals surface area (Å²) < 4.78 is 8.07. The first-order chi connectivity index (χ1) is 35.0. The summed E-state index contributed by atoms with van der Waals surface area (Å²) in [6.45, 7) is 14.7. The molecule has 0 aliphatic heterocycles. The van der Waals surface area contributed by atoms with Gasteiger partial charge in [-0.05, 0) is 91.8 Å². The molecule has 8 rings (SSSR count). The average molecular weight is 955 g/mol. The number of fused-ring (bicyclic) bond motifs is 9. The van der Waals surface area contributed by atoms with Gasteiger partial charge in [-0.25, -0.2) is 0 Å². The SMILES string of the molecule is CCCCCCCCCCCCn1c2cc(C)ccc2c2ccc(-c3ccc4c5cc6c(cc5n(CCCCCCCCCCCC)c4c3)c3ccc(C)cc3n6CCCCCCCCCCCC)cc21. The van der Waals surface area contributed by atoms with Gasteiger partial charge in [0.25, 0.3) is 0 Å². The number of nitrogens with zero attached hydrogens (tertiary/aromatic N) is 3. The quantitative estimate of drug-likeness (QED) is 0.0358. The summed E-state index contributed by atoms with van der Waals surface area (Å²) >= 11 is 0. The second-order valence-corrected chi connectivity index (χ2v) is 22.4. The van der Waals surface area contributed by atoms with Crippen LogP contribution in [0, 0.1) is 13.8 Å². The van der Waals surface area contributed by atoms with E-state index in [1.165, 1.54) is 280 Å². The van der Waals surface area contributed by atoms with Gasteiger partial charge in [0.2, 0.25) is 0 Å². The van der Waals surface area contributed by atoms with Crippen molar-refractivity contribution in [1.82, 2.24) is 13.7 Å². The van der Waals surface area contributed by atoms with Gasteiger partial charge < -0.3 is 13.7 Å². The number of hydrogen-bond acceptors (Lipinski definition) is 0. The van der Waals surface area contributed by atoms with E-state index < -0.39 is 0 Å². The summed E-state index contributed by atoms with van der Waals surface area (Å²) in [7, 11) is 0. The van der Waals surface area contributed by atoms with Crippen molar-refractivity contribution in [3.8, 4) is 11.1 Å². The Hall–Kier alpha value is -4.50. The fraction of sp³-hybridized carbons (Fsp3) is 0.559. The van der Waals surface area contributed by atoms with Crippen LogP contribution >= 0.6 is 0 Å². The molecule has 0 N–H and O–H groups in total. The van der Waals surface area contributed by atoms with Crippen LogP contribution in [0.2, 0.25) is 0 Å². The van der Waals surface area contributed by atoms with Gasteiger partial charge in [-0.15, -0.1) is 0 Å². The van der Waals surface area contributed by atoms with Crippen LogP contribution in [0.5, 0.6) is 0 Å². The van der Waals surface area contributed by atoms with Crippen molar-refractivity contribution in [3.05, 3.63) is 96.1 Å². The van der Waals surface area contributed by atoms with Crippen LogP contribution in [-0.4, -0.2) is 13.7 Å². The molecule has 382 valence electrons. The average Bonchev–Trinajstić information content (AvgIpc) is 3.97. The van der Waals surface area contributed by atoms with Crippen molar-refractivity contribution in [1.29, 1.82) is 0 Å². The zero-order valence-electron chi connectivity index (χ0n) is 45.8. The third-order valence-corrected chi connectivity index (χ3v) is 16.6. The van der Waals surface area contributed by atoms with Gasteiger partial charge in [-0.2, -0.15) is 0 Å². The lowest BCUT2D eigenvalue weighted by Gasteiger charge is -2.11. The van der Waals surface area contributed by atoms with E-state index >= 15 is 0 Å². The largest absolute Gasteiger partial charge is 0.340 e. The molecule has 0 fully saturated rings. The Morgan fingerprint density at radius 3 is 0.789 bits per heavy atom. The first-order valence-electron chi connectivity index (χ1n) is 30.0. The molecular weight excluding hydrogens is 859 g/mol. The van der Waals surface area contributed by atoms with Gasteiger partial charge >= 0.3 is 0 Å². The fourth-order valence-electron chi connectivity index (χ4n) is 12.3.